The Morgan fingerprint density at radius 2 is 1.76 bits per heavy atom. The summed E-state index contributed by atoms with van der Waals surface area (Å²) in [7, 11) is 0. The molecule has 0 bridgehead atoms. The molecule has 9 nitrogen and oxygen atoms in total. The standard InChI is InChI=1S/C36H41F4N5O4/c1-20(2)30-4-5-32(43-42-30)35-27(38)14-24(15-28(35)39)49-33-16-25(26(37)13-22(33)18-45-17-21(3)12-34(45)46)36(47)41-31-6-9-44(19-29(31)40)23-7-10-48-11-8-23/h4-5,13-16,20-21,23,29,31H,6-12,17-19H2,1-3H3,(H,41,47)/t21-,29-,31+/m0/s1. The summed E-state index contributed by atoms with van der Waals surface area (Å²) in [5.41, 5.74) is 0.0527. The van der Waals surface area contributed by atoms with Gasteiger partial charge in [-0.25, -0.2) is 17.6 Å². The zero-order valence-electron chi connectivity index (χ0n) is 27.9. The summed E-state index contributed by atoms with van der Waals surface area (Å²) in [6.45, 7) is 8.14. The van der Waals surface area contributed by atoms with Crippen molar-refractivity contribution in [2.24, 2.45) is 5.92 Å². The first-order chi connectivity index (χ1) is 23.5. The minimum atomic E-state index is -1.36. The molecule has 2 amide bonds. The van der Waals surface area contributed by atoms with E-state index in [0.717, 1.165) is 37.1 Å². The van der Waals surface area contributed by atoms with Crippen LogP contribution in [0.15, 0.2) is 36.4 Å². The number of nitrogens with zero attached hydrogens (tertiary/aromatic N) is 4. The Kier molecular flexibility index (Phi) is 10.5. The number of carbonyl (C=O) groups excluding carboxylic acids is 2. The minimum Gasteiger partial charge on any atom is -0.457 e. The molecule has 0 unspecified atom stereocenters. The Morgan fingerprint density at radius 1 is 1.02 bits per heavy atom. The number of alkyl halides is 1. The number of amides is 2. The molecule has 3 fully saturated rings. The van der Waals surface area contributed by atoms with E-state index in [1.807, 2.05) is 20.8 Å². The molecule has 6 rings (SSSR count). The second kappa shape index (κ2) is 14.8. The summed E-state index contributed by atoms with van der Waals surface area (Å²) in [6, 6.07) is 6.67. The number of rotatable bonds is 9. The minimum absolute atomic E-state index is 0.00111. The molecule has 3 aliphatic heterocycles. The third kappa shape index (κ3) is 7.88. The largest absolute Gasteiger partial charge is 0.457 e. The summed E-state index contributed by atoms with van der Waals surface area (Å²) in [5.74, 6) is -3.96. The number of hydrogen-bond acceptors (Lipinski definition) is 7. The summed E-state index contributed by atoms with van der Waals surface area (Å²) >= 11 is 0. The van der Waals surface area contributed by atoms with Crippen molar-refractivity contribution in [3.8, 4) is 22.8 Å². The molecular weight excluding hydrogens is 642 g/mol. The van der Waals surface area contributed by atoms with Crippen molar-refractivity contribution in [2.75, 3.05) is 32.8 Å². The molecule has 4 heterocycles. The van der Waals surface area contributed by atoms with Gasteiger partial charge >= 0.3 is 0 Å². The molecule has 3 aromatic rings. The molecule has 0 radical (unpaired) electrons. The van der Waals surface area contributed by atoms with Crippen LogP contribution in [0.5, 0.6) is 11.5 Å². The molecular formula is C36H41F4N5O4. The zero-order valence-corrected chi connectivity index (χ0v) is 27.9. The number of ether oxygens (including phenoxy) is 2. The quantitative estimate of drug-likeness (QED) is 0.270. The molecule has 0 aliphatic carbocycles. The lowest BCUT2D eigenvalue weighted by molar-refractivity contribution is -0.128. The van der Waals surface area contributed by atoms with Gasteiger partial charge in [-0.2, -0.15) is 10.2 Å². The molecule has 3 atom stereocenters. The van der Waals surface area contributed by atoms with Crippen molar-refractivity contribution < 1.29 is 36.6 Å². The van der Waals surface area contributed by atoms with Gasteiger partial charge in [-0.3, -0.25) is 14.5 Å². The number of aromatic nitrogens is 2. The van der Waals surface area contributed by atoms with Gasteiger partial charge in [0, 0.05) is 69.6 Å². The van der Waals surface area contributed by atoms with Gasteiger partial charge in [-0.1, -0.05) is 20.8 Å². The molecule has 3 aliphatic rings. The summed E-state index contributed by atoms with van der Waals surface area (Å²) in [5, 5.41) is 10.7. The highest BCUT2D eigenvalue weighted by atomic mass is 19.1. The van der Waals surface area contributed by atoms with Gasteiger partial charge in [0.05, 0.1) is 28.6 Å². The van der Waals surface area contributed by atoms with E-state index in [4.69, 9.17) is 9.47 Å². The second-order valence-corrected chi connectivity index (χ2v) is 13.6. The molecule has 262 valence electrons. The Morgan fingerprint density at radius 3 is 2.37 bits per heavy atom. The predicted octanol–water partition coefficient (Wildman–Crippen LogP) is 6.17. The van der Waals surface area contributed by atoms with E-state index in [2.05, 4.69) is 20.4 Å². The summed E-state index contributed by atoms with van der Waals surface area (Å²) in [6.07, 6.45) is 0.954. The van der Waals surface area contributed by atoms with E-state index in [1.54, 1.807) is 6.07 Å². The van der Waals surface area contributed by atoms with Crippen LogP contribution in [-0.2, 0) is 16.1 Å². The first-order valence-corrected chi connectivity index (χ1v) is 16.8. The Balaban J connectivity index is 1.25. The third-order valence-electron chi connectivity index (χ3n) is 9.54. The van der Waals surface area contributed by atoms with E-state index in [0.29, 0.717) is 44.8 Å². The van der Waals surface area contributed by atoms with Crippen molar-refractivity contribution in [1.29, 1.82) is 0 Å². The normalized spacial score (nSPS) is 22.2. The molecule has 13 heteroatoms. The number of hydrogen-bond donors (Lipinski definition) is 1. The van der Waals surface area contributed by atoms with E-state index < -0.39 is 46.7 Å². The van der Waals surface area contributed by atoms with E-state index in [-0.39, 0.29) is 59.6 Å². The molecule has 2 aromatic carbocycles. The maximum Gasteiger partial charge on any atom is 0.254 e. The monoisotopic (exact) mass is 683 g/mol. The Labute approximate surface area is 283 Å². The Bertz CT molecular complexity index is 1660. The number of piperidine rings is 1. The number of likely N-dealkylation sites (tertiary alicyclic amines) is 2. The van der Waals surface area contributed by atoms with Crippen molar-refractivity contribution in [1.82, 2.24) is 25.3 Å². The van der Waals surface area contributed by atoms with Crippen LogP contribution in [-0.4, -0.2) is 82.9 Å². The van der Waals surface area contributed by atoms with Crippen LogP contribution >= 0.6 is 0 Å². The van der Waals surface area contributed by atoms with Gasteiger partial charge in [0.1, 0.15) is 35.1 Å². The second-order valence-electron chi connectivity index (χ2n) is 13.6. The van der Waals surface area contributed by atoms with Crippen molar-refractivity contribution >= 4 is 11.8 Å². The highest BCUT2D eigenvalue weighted by Crippen LogP contribution is 2.35. The SMILES string of the molecule is CC(C)c1ccc(-c2c(F)cc(Oc3cc(C(=O)N[C@@H]4CCN(C5CCOCC5)C[C@@H]4F)c(F)cc3CN3C[C@@H](C)CC3=O)cc2F)nn1. The van der Waals surface area contributed by atoms with Crippen LogP contribution < -0.4 is 10.1 Å². The van der Waals surface area contributed by atoms with Gasteiger partial charge in [-0.15, -0.1) is 0 Å². The van der Waals surface area contributed by atoms with Gasteiger partial charge in [0.25, 0.3) is 5.91 Å². The topological polar surface area (TPSA) is 96.9 Å². The maximum atomic E-state index is 15.6. The lowest BCUT2D eigenvalue weighted by atomic mass is 9.98. The van der Waals surface area contributed by atoms with Crippen molar-refractivity contribution in [2.45, 2.75) is 77.2 Å². The molecule has 3 saturated heterocycles. The van der Waals surface area contributed by atoms with Crippen LogP contribution in [0.3, 0.4) is 0 Å². The highest BCUT2D eigenvalue weighted by molar-refractivity contribution is 5.95. The molecule has 1 aromatic heterocycles. The zero-order chi connectivity index (χ0) is 34.8. The van der Waals surface area contributed by atoms with Gasteiger partial charge in [0.15, 0.2) is 0 Å². The van der Waals surface area contributed by atoms with Crippen LogP contribution in [0.1, 0.15) is 74.0 Å². The number of carbonyl (C=O) groups is 2. The van der Waals surface area contributed by atoms with Gasteiger partial charge in [0.2, 0.25) is 5.91 Å². The van der Waals surface area contributed by atoms with Gasteiger partial charge in [-0.05, 0) is 55.4 Å². The highest BCUT2D eigenvalue weighted by Gasteiger charge is 2.35. The molecule has 0 saturated carbocycles. The van der Waals surface area contributed by atoms with E-state index in [1.165, 1.54) is 11.0 Å². The van der Waals surface area contributed by atoms with Crippen LogP contribution in [0, 0.1) is 23.4 Å². The fourth-order valence-electron chi connectivity index (χ4n) is 6.80. The smallest absolute Gasteiger partial charge is 0.254 e. The summed E-state index contributed by atoms with van der Waals surface area (Å²) < 4.78 is 73.0. The van der Waals surface area contributed by atoms with Crippen molar-refractivity contribution in [3.05, 3.63) is 70.7 Å². The third-order valence-corrected chi connectivity index (χ3v) is 9.54. The molecule has 1 N–H and O–H groups in total. The van der Waals surface area contributed by atoms with E-state index >= 15 is 17.6 Å². The molecule has 49 heavy (non-hydrogen) atoms. The first kappa shape index (κ1) is 34.8. The lowest BCUT2D eigenvalue weighted by Gasteiger charge is -2.41. The summed E-state index contributed by atoms with van der Waals surface area (Å²) in [4.78, 5) is 29.6. The van der Waals surface area contributed by atoms with Crippen LogP contribution in [0.4, 0.5) is 17.6 Å². The van der Waals surface area contributed by atoms with Crippen molar-refractivity contribution in [3.63, 3.8) is 0 Å². The molecule has 0 spiro atoms. The predicted molar refractivity (Wildman–Crippen MR) is 173 cm³/mol. The maximum absolute atomic E-state index is 15.6. The lowest BCUT2D eigenvalue weighted by Crippen LogP contribution is -2.55. The van der Waals surface area contributed by atoms with E-state index in [9.17, 15) is 9.59 Å². The average Bonchev–Trinajstić information content (AvgIpc) is 3.39. The average molecular weight is 684 g/mol. The number of benzene rings is 2. The van der Waals surface area contributed by atoms with Gasteiger partial charge < -0.3 is 19.7 Å². The van der Waals surface area contributed by atoms with Crippen LogP contribution in [0.2, 0.25) is 0 Å². The van der Waals surface area contributed by atoms with Crippen LogP contribution in [0.25, 0.3) is 11.3 Å². The number of halogens is 4. The Hall–Kier alpha value is -4.10. The number of nitrogens with one attached hydrogen (secondary N) is 1. The first-order valence-electron chi connectivity index (χ1n) is 16.8. The fourth-order valence-corrected chi connectivity index (χ4v) is 6.80. The fraction of sp³-hybridized carbons (Fsp3) is 0.500.